The number of hydrogen-bond acceptors (Lipinski definition) is 4. The third-order valence-corrected chi connectivity index (χ3v) is 7.82. The molecule has 1 N–H and O–H groups in total. The van der Waals surface area contributed by atoms with Crippen molar-refractivity contribution in [2.24, 2.45) is 0 Å². The monoisotopic (exact) mass is 465 g/mol. The molecule has 2 aromatic heterocycles. The molecule has 0 bridgehead atoms. The van der Waals surface area contributed by atoms with Crippen LogP contribution in [-0.2, 0) is 17.9 Å². The third kappa shape index (κ3) is 4.03. The average molecular weight is 466 g/mol. The highest BCUT2D eigenvalue weighted by molar-refractivity contribution is 7.17. The van der Waals surface area contributed by atoms with Gasteiger partial charge in [0.1, 0.15) is 17.0 Å². The van der Waals surface area contributed by atoms with E-state index in [9.17, 15) is 9.59 Å². The predicted octanol–water partition coefficient (Wildman–Crippen LogP) is 4.97. The zero-order valence-corrected chi connectivity index (χ0v) is 20.1. The van der Waals surface area contributed by atoms with Gasteiger partial charge in [-0.3, -0.25) is 9.59 Å². The highest BCUT2D eigenvalue weighted by Gasteiger charge is 2.48. The lowest BCUT2D eigenvalue weighted by molar-refractivity contribution is -0.133. The van der Waals surface area contributed by atoms with Gasteiger partial charge in [0.2, 0.25) is 5.91 Å². The Balaban J connectivity index is 1.47. The number of thiophene rings is 1. The van der Waals surface area contributed by atoms with E-state index in [0.717, 1.165) is 53.6 Å². The number of ether oxygens (including phenoxy) is 1. The highest BCUT2D eigenvalue weighted by Crippen LogP contribution is 2.35. The molecular formula is C26H31N3O3S. The summed E-state index contributed by atoms with van der Waals surface area (Å²) >= 11 is 1.62. The van der Waals surface area contributed by atoms with E-state index in [1.165, 1.54) is 0 Å². The standard InChI is InChI=1S/C26H31N3O3S/c1-3-13-32-20-10-8-18(9-11-20)16-29-24(30)22-15-23-21(12-14-33-23)28(22)17-26(29,2)25(31)27-19-6-4-5-7-19/h8-12,14-15,19H,3-7,13,16-17H2,1-2H3,(H,27,31). The van der Waals surface area contributed by atoms with Crippen LogP contribution in [0.4, 0.5) is 0 Å². The molecular weight excluding hydrogens is 434 g/mol. The van der Waals surface area contributed by atoms with Crippen LogP contribution in [0, 0.1) is 0 Å². The minimum atomic E-state index is -0.974. The van der Waals surface area contributed by atoms with E-state index in [2.05, 4.69) is 12.2 Å². The Kier molecular flexibility index (Phi) is 5.91. The van der Waals surface area contributed by atoms with E-state index in [1.54, 1.807) is 16.2 Å². The molecule has 0 spiro atoms. The molecule has 5 rings (SSSR count). The Morgan fingerprint density at radius 2 is 1.97 bits per heavy atom. The van der Waals surface area contributed by atoms with Crippen LogP contribution < -0.4 is 10.1 Å². The van der Waals surface area contributed by atoms with Gasteiger partial charge in [0, 0.05) is 12.6 Å². The third-order valence-electron chi connectivity index (χ3n) is 6.97. The molecule has 174 valence electrons. The molecule has 3 heterocycles. The van der Waals surface area contributed by atoms with E-state index in [-0.39, 0.29) is 17.9 Å². The van der Waals surface area contributed by atoms with Gasteiger partial charge in [-0.1, -0.05) is 31.9 Å². The molecule has 6 nitrogen and oxygen atoms in total. The molecule has 1 aromatic carbocycles. The van der Waals surface area contributed by atoms with E-state index < -0.39 is 5.54 Å². The quantitative estimate of drug-likeness (QED) is 0.536. The topological polar surface area (TPSA) is 63.6 Å². The van der Waals surface area contributed by atoms with Crippen molar-refractivity contribution in [2.75, 3.05) is 6.61 Å². The van der Waals surface area contributed by atoms with E-state index in [4.69, 9.17) is 4.74 Å². The van der Waals surface area contributed by atoms with Gasteiger partial charge in [0.05, 0.1) is 23.4 Å². The lowest BCUT2D eigenvalue weighted by Crippen LogP contribution is -2.64. The van der Waals surface area contributed by atoms with Crippen LogP contribution in [0.1, 0.15) is 62.0 Å². The molecule has 1 saturated carbocycles. The summed E-state index contributed by atoms with van der Waals surface area (Å²) < 4.78 is 8.81. The van der Waals surface area contributed by atoms with E-state index >= 15 is 0 Å². The summed E-state index contributed by atoms with van der Waals surface area (Å²) in [6, 6.07) is 12.1. The van der Waals surface area contributed by atoms with Gasteiger partial charge >= 0.3 is 0 Å². The second-order valence-corrected chi connectivity index (χ2v) is 10.3. The van der Waals surface area contributed by atoms with Gasteiger partial charge in [-0.2, -0.15) is 0 Å². The van der Waals surface area contributed by atoms with Crippen LogP contribution in [0.2, 0.25) is 0 Å². The molecule has 0 saturated heterocycles. The highest BCUT2D eigenvalue weighted by atomic mass is 32.1. The molecule has 1 fully saturated rings. The van der Waals surface area contributed by atoms with Crippen molar-refractivity contribution in [2.45, 2.75) is 70.6 Å². The summed E-state index contributed by atoms with van der Waals surface area (Å²) in [6.07, 6.45) is 5.27. The number of aromatic nitrogens is 1. The van der Waals surface area contributed by atoms with Gasteiger partial charge in [-0.15, -0.1) is 11.3 Å². The number of hydrogen-bond donors (Lipinski definition) is 1. The van der Waals surface area contributed by atoms with Crippen LogP contribution in [0.3, 0.4) is 0 Å². The van der Waals surface area contributed by atoms with Crippen LogP contribution >= 0.6 is 11.3 Å². The second-order valence-electron chi connectivity index (χ2n) is 9.40. The predicted molar refractivity (Wildman–Crippen MR) is 131 cm³/mol. The van der Waals surface area contributed by atoms with Crippen molar-refractivity contribution >= 4 is 33.4 Å². The van der Waals surface area contributed by atoms with Gasteiger partial charge < -0.3 is 19.5 Å². The molecule has 33 heavy (non-hydrogen) atoms. The first-order valence-electron chi connectivity index (χ1n) is 11.9. The van der Waals surface area contributed by atoms with E-state index in [0.29, 0.717) is 25.4 Å². The molecule has 2 amide bonds. The molecule has 1 aliphatic heterocycles. The Bertz CT molecular complexity index is 1160. The normalized spacial score (nSPS) is 20.9. The molecule has 1 atom stereocenters. The summed E-state index contributed by atoms with van der Waals surface area (Å²) in [4.78, 5) is 29.2. The molecule has 7 heteroatoms. The fourth-order valence-electron chi connectivity index (χ4n) is 5.03. The number of nitrogens with zero attached hydrogens (tertiary/aromatic N) is 2. The van der Waals surface area contributed by atoms with Gasteiger partial charge in [0.15, 0.2) is 0 Å². The maximum absolute atomic E-state index is 13.8. The zero-order valence-electron chi connectivity index (χ0n) is 19.3. The van der Waals surface area contributed by atoms with Crippen LogP contribution in [0.15, 0.2) is 41.8 Å². The largest absolute Gasteiger partial charge is 0.494 e. The smallest absolute Gasteiger partial charge is 0.271 e. The van der Waals surface area contributed by atoms with Crippen molar-refractivity contribution < 1.29 is 14.3 Å². The van der Waals surface area contributed by atoms with Gasteiger partial charge in [-0.25, -0.2) is 0 Å². The number of carbonyl (C=O) groups excluding carboxylic acids is 2. The van der Waals surface area contributed by atoms with Crippen molar-refractivity contribution in [3.05, 3.63) is 53.0 Å². The van der Waals surface area contributed by atoms with Crippen LogP contribution in [0.25, 0.3) is 10.2 Å². The van der Waals surface area contributed by atoms with E-state index in [1.807, 2.05) is 53.3 Å². The maximum Gasteiger partial charge on any atom is 0.271 e. The van der Waals surface area contributed by atoms with Crippen LogP contribution in [0.5, 0.6) is 5.75 Å². The lowest BCUT2D eigenvalue weighted by atomic mass is 9.93. The van der Waals surface area contributed by atoms with Crippen molar-refractivity contribution in [3.8, 4) is 5.75 Å². The lowest BCUT2D eigenvalue weighted by Gasteiger charge is -2.44. The first kappa shape index (κ1) is 22.0. The molecule has 3 aromatic rings. The zero-order chi connectivity index (χ0) is 23.0. The fraction of sp³-hybridized carbons (Fsp3) is 0.462. The first-order valence-corrected chi connectivity index (χ1v) is 12.8. The van der Waals surface area contributed by atoms with Crippen molar-refractivity contribution in [1.29, 1.82) is 0 Å². The fourth-order valence-corrected chi connectivity index (χ4v) is 5.85. The molecule has 1 unspecified atom stereocenters. The Morgan fingerprint density at radius 3 is 2.70 bits per heavy atom. The summed E-state index contributed by atoms with van der Waals surface area (Å²) in [5, 5.41) is 5.29. The minimum absolute atomic E-state index is 0.0617. The molecule has 1 aliphatic carbocycles. The second kappa shape index (κ2) is 8.86. The number of carbonyl (C=O) groups is 2. The first-order chi connectivity index (χ1) is 16.0. The maximum atomic E-state index is 13.8. The number of nitrogens with one attached hydrogen (secondary N) is 1. The van der Waals surface area contributed by atoms with Crippen LogP contribution in [-0.4, -0.2) is 39.5 Å². The Hall–Kier alpha value is -2.80. The summed E-state index contributed by atoms with van der Waals surface area (Å²) in [5.74, 6) is 0.662. The van der Waals surface area contributed by atoms with Crippen molar-refractivity contribution in [1.82, 2.24) is 14.8 Å². The summed E-state index contributed by atoms with van der Waals surface area (Å²) in [7, 11) is 0. The minimum Gasteiger partial charge on any atom is -0.494 e. The number of rotatable bonds is 7. The number of amides is 2. The summed E-state index contributed by atoms with van der Waals surface area (Å²) in [5.41, 5.74) is 1.69. The summed E-state index contributed by atoms with van der Waals surface area (Å²) in [6.45, 7) is 5.49. The molecule has 2 aliphatic rings. The average Bonchev–Trinajstić information content (AvgIpc) is 3.55. The van der Waals surface area contributed by atoms with Crippen molar-refractivity contribution in [3.63, 3.8) is 0 Å². The Morgan fingerprint density at radius 1 is 1.21 bits per heavy atom. The number of benzene rings is 1. The van der Waals surface area contributed by atoms with Gasteiger partial charge in [0.25, 0.3) is 5.91 Å². The number of fused-ring (bicyclic) bond motifs is 3. The molecule has 0 radical (unpaired) electrons. The Labute approximate surface area is 198 Å². The SMILES string of the molecule is CCCOc1ccc(CN2C(=O)c3cc4sccc4n3CC2(C)C(=O)NC2CCCC2)cc1. The van der Waals surface area contributed by atoms with Gasteiger partial charge in [-0.05, 0) is 61.4 Å².